The molecule has 1 aromatic rings. The van der Waals surface area contributed by atoms with Crippen LogP contribution in [0.5, 0.6) is 0 Å². The van der Waals surface area contributed by atoms with Crippen LogP contribution in [0.25, 0.3) is 0 Å². The van der Waals surface area contributed by atoms with Crippen LogP contribution < -0.4 is 5.73 Å². The molecule has 0 saturated heterocycles. The highest BCUT2D eigenvalue weighted by atomic mass is 32.2. The molecule has 1 aliphatic carbocycles. The number of rotatable bonds is 4. The van der Waals surface area contributed by atoms with Crippen LogP contribution in [0, 0.1) is 5.92 Å². The van der Waals surface area contributed by atoms with Gasteiger partial charge in [-0.2, -0.15) is 0 Å². The molecule has 0 spiro atoms. The first-order valence-corrected chi connectivity index (χ1v) is 7.15. The molecule has 1 saturated carbocycles. The van der Waals surface area contributed by atoms with Crippen molar-refractivity contribution in [3.05, 3.63) is 11.1 Å². The summed E-state index contributed by atoms with van der Waals surface area (Å²) in [5.41, 5.74) is 6.00. The van der Waals surface area contributed by atoms with E-state index in [1.807, 2.05) is 0 Å². The fraction of sp³-hybridized carbons (Fsp3) is 0.625. The van der Waals surface area contributed by atoms with Gasteiger partial charge in [0.15, 0.2) is 15.0 Å². The smallest absolute Gasteiger partial charge is 0.180 e. The Kier molecular flexibility index (Phi) is 2.48. The number of anilines is 1. The lowest BCUT2D eigenvalue weighted by Gasteiger charge is -1.99. The van der Waals surface area contributed by atoms with Crippen LogP contribution in [0.4, 0.5) is 5.13 Å². The zero-order valence-corrected chi connectivity index (χ0v) is 9.27. The molecule has 0 radical (unpaired) electrons. The van der Waals surface area contributed by atoms with E-state index in [0.29, 0.717) is 22.5 Å². The van der Waals surface area contributed by atoms with Crippen LogP contribution in [0.15, 0.2) is 5.38 Å². The molecule has 1 fully saturated rings. The standard InChI is InChI=1S/C8H12N2O2S2/c9-8-10-7(3-13-8)5-14(11,12)4-6-1-2-6/h3,6H,1-2,4-5H2,(H2,9,10). The zero-order chi connectivity index (χ0) is 10.2. The van der Waals surface area contributed by atoms with E-state index in [-0.39, 0.29) is 5.75 Å². The fourth-order valence-corrected chi connectivity index (χ4v) is 3.75. The maximum Gasteiger partial charge on any atom is 0.180 e. The number of sulfone groups is 1. The molecular formula is C8H12N2O2S2. The highest BCUT2D eigenvalue weighted by Gasteiger charge is 2.28. The van der Waals surface area contributed by atoms with Gasteiger partial charge < -0.3 is 5.73 Å². The van der Waals surface area contributed by atoms with E-state index in [9.17, 15) is 8.42 Å². The molecule has 4 nitrogen and oxygen atoms in total. The van der Waals surface area contributed by atoms with Gasteiger partial charge in [-0.3, -0.25) is 0 Å². The molecule has 1 aromatic heterocycles. The van der Waals surface area contributed by atoms with E-state index in [1.54, 1.807) is 5.38 Å². The SMILES string of the molecule is Nc1nc(CS(=O)(=O)CC2CC2)cs1. The third kappa shape index (κ3) is 2.68. The van der Waals surface area contributed by atoms with Crippen molar-refractivity contribution >= 4 is 26.3 Å². The summed E-state index contributed by atoms with van der Waals surface area (Å²) in [7, 11) is -2.97. The second kappa shape index (κ2) is 3.51. The lowest BCUT2D eigenvalue weighted by molar-refractivity contribution is 0.591. The predicted octanol–water partition coefficient (Wildman–Crippen LogP) is 1.05. The number of thiazole rings is 1. The van der Waals surface area contributed by atoms with Crippen LogP contribution in [-0.2, 0) is 15.6 Å². The van der Waals surface area contributed by atoms with Gasteiger partial charge in [-0.15, -0.1) is 11.3 Å². The van der Waals surface area contributed by atoms with Gasteiger partial charge in [0.25, 0.3) is 0 Å². The number of nitrogen functional groups attached to an aromatic ring is 1. The summed E-state index contributed by atoms with van der Waals surface area (Å²) >= 11 is 1.28. The highest BCUT2D eigenvalue weighted by molar-refractivity contribution is 7.90. The van der Waals surface area contributed by atoms with Crippen molar-refractivity contribution in [2.24, 2.45) is 5.92 Å². The summed E-state index contributed by atoms with van der Waals surface area (Å²) in [4.78, 5) is 3.94. The Balaban J connectivity index is 2.01. The molecule has 0 aromatic carbocycles. The predicted molar refractivity (Wildman–Crippen MR) is 56.7 cm³/mol. The number of nitrogens with zero attached hydrogens (tertiary/aromatic N) is 1. The summed E-state index contributed by atoms with van der Waals surface area (Å²) in [5, 5.41) is 2.14. The number of hydrogen-bond acceptors (Lipinski definition) is 5. The molecule has 1 aliphatic rings. The summed E-state index contributed by atoms with van der Waals surface area (Å²) in [5.74, 6) is 0.748. The maximum atomic E-state index is 11.6. The molecule has 2 N–H and O–H groups in total. The molecule has 0 aliphatic heterocycles. The molecule has 0 unspecified atom stereocenters. The third-order valence-electron chi connectivity index (χ3n) is 2.12. The van der Waals surface area contributed by atoms with Gasteiger partial charge in [-0.25, -0.2) is 13.4 Å². The third-order valence-corrected chi connectivity index (χ3v) is 4.56. The molecule has 6 heteroatoms. The van der Waals surface area contributed by atoms with Crippen LogP contribution in [0.2, 0.25) is 0 Å². The highest BCUT2D eigenvalue weighted by Crippen LogP contribution is 2.31. The Morgan fingerprint density at radius 3 is 2.79 bits per heavy atom. The fourth-order valence-electron chi connectivity index (χ4n) is 1.32. The zero-order valence-electron chi connectivity index (χ0n) is 7.64. The van der Waals surface area contributed by atoms with Gasteiger partial charge in [0.2, 0.25) is 0 Å². The van der Waals surface area contributed by atoms with E-state index >= 15 is 0 Å². The lowest BCUT2D eigenvalue weighted by Crippen LogP contribution is -2.11. The maximum absolute atomic E-state index is 11.6. The molecule has 0 bridgehead atoms. The normalized spacial score (nSPS) is 17.1. The second-order valence-electron chi connectivity index (χ2n) is 3.68. The lowest BCUT2D eigenvalue weighted by atomic mass is 10.5. The quantitative estimate of drug-likeness (QED) is 0.842. The van der Waals surface area contributed by atoms with E-state index < -0.39 is 9.84 Å². The first-order valence-electron chi connectivity index (χ1n) is 4.45. The second-order valence-corrected chi connectivity index (χ2v) is 6.67. The van der Waals surface area contributed by atoms with Crippen molar-refractivity contribution in [3.8, 4) is 0 Å². The number of aromatic nitrogens is 1. The molecule has 2 rings (SSSR count). The van der Waals surface area contributed by atoms with Gasteiger partial charge in [-0.05, 0) is 18.8 Å². The van der Waals surface area contributed by atoms with Gasteiger partial charge in [-0.1, -0.05) is 0 Å². The van der Waals surface area contributed by atoms with Crippen LogP contribution in [0.3, 0.4) is 0 Å². The Morgan fingerprint density at radius 1 is 1.57 bits per heavy atom. The van der Waals surface area contributed by atoms with Crippen LogP contribution >= 0.6 is 11.3 Å². The monoisotopic (exact) mass is 232 g/mol. The minimum atomic E-state index is -2.97. The molecule has 0 atom stereocenters. The minimum Gasteiger partial charge on any atom is -0.375 e. The number of nitrogens with two attached hydrogens (primary N) is 1. The van der Waals surface area contributed by atoms with Gasteiger partial charge >= 0.3 is 0 Å². The molecule has 14 heavy (non-hydrogen) atoms. The van der Waals surface area contributed by atoms with Gasteiger partial charge in [0.1, 0.15) is 0 Å². The van der Waals surface area contributed by atoms with Crippen LogP contribution in [0.1, 0.15) is 18.5 Å². The Morgan fingerprint density at radius 2 is 2.29 bits per heavy atom. The topological polar surface area (TPSA) is 73.0 Å². The molecule has 1 heterocycles. The van der Waals surface area contributed by atoms with Crippen molar-refractivity contribution in [1.82, 2.24) is 4.98 Å². The molecular weight excluding hydrogens is 220 g/mol. The van der Waals surface area contributed by atoms with Crippen molar-refractivity contribution in [2.75, 3.05) is 11.5 Å². The minimum absolute atomic E-state index is 0.0389. The van der Waals surface area contributed by atoms with Crippen molar-refractivity contribution in [3.63, 3.8) is 0 Å². The summed E-state index contributed by atoms with van der Waals surface area (Å²) in [6.07, 6.45) is 2.11. The summed E-state index contributed by atoms with van der Waals surface area (Å²) in [6, 6.07) is 0. The first-order chi connectivity index (χ1) is 6.55. The molecule has 78 valence electrons. The molecule has 0 amide bonds. The van der Waals surface area contributed by atoms with E-state index in [4.69, 9.17) is 5.73 Å². The summed E-state index contributed by atoms with van der Waals surface area (Å²) < 4.78 is 23.2. The average molecular weight is 232 g/mol. The van der Waals surface area contributed by atoms with Crippen molar-refractivity contribution in [2.45, 2.75) is 18.6 Å². The van der Waals surface area contributed by atoms with Crippen LogP contribution in [-0.4, -0.2) is 19.2 Å². The Hall–Kier alpha value is -0.620. The van der Waals surface area contributed by atoms with E-state index in [2.05, 4.69) is 4.98 Å². The largest absolute Gasteiger partial charge is 0.375 e. The average Bonchev–Trinajstić information content (AvgIpc) is 2.74. The van der Waals surface area contributed by atoms with Gasteiger partial charge in [0.05, 0.1) is 17.2 Å². The first kappa shape index (κ1) is 9.92. The van der Waals surface area contributed by atoms with E-state index in [0.717, 1.165) is 12.8 Å². The Labute approximate surface area is 87.1 Å². The van der Waals surface area contributed by atoms with Crippen molar-refractivity contribution in [1.29, 1.82) is 0 Å². The Bertz CT molecular complexity index is 420. The summed E-state index contributed by atoms with van der Waals surface area (Å²) in [6.45, 7) is 0. The van der Waals surface area contributed by atoms with Crippen molar-refractivity contribution < 1.29 is 8.42 Å². The number of hydrogen-bond donors (Lipinski definition) is 1. The van der Waals surface area contributed by atoms with Gasteiger partial charge in [0, 0.05) is 5.38 Å². The van der Waals surface area contributed by atoms with E-state index in [1.165, 1.54) is 11.3 Å².